The van der Waals surface area contributed by atoms with Crippen LogP contribution in [0.4, 0.5) is 0 Å². The van der Waals surface area contributed by atoms with Crippen LogP contribution < -0.4 is 0 Å². The van der Waals surface area contributed by atoms with Gasteiger partial charge in [0.25, 0.3) is 0 Å². The van der Waals surface area contributed by atoms with Gasteiger partial charge in [0.2, 0.25) is 0 Å². The molecule has 0 unspecified atom stereocenters. The van der Waals surface area contributed by atoms with Crippen LogP contribution in [-0.2, 0) is 0 Å². The summed E-state index contributed by atoms with van der Waals surface area (Å²) in [6.45, 7) is 0. The minimum absolute atomic E-state index is 0.236. The molecule has 2 N–H and O–H groups in total. The number of nitrogens with one attached hydrogen (secondary N) is 1. The summed E-state index contributed by atoms with van der Waals surface area (Å²) in [5, 5.41) is 17.8. The minimum atomic E-state index is 0.236. The maximum absolute atomic E-state index is 9.71. The number of phenolic OH excluding ortho intramolecular Hbond substituents is 1. The Morgan fingerprint density at radius 1 is 0.909 bits per heavy atom. The molecule has 0 amide bonds. The van der Waals surface area contributed by atoms with E-state index in [2.05, 4.69) is 21.2 Å². The molecule has 4 rings (SSSR count). The number of pyridine rings is 1. The van der Waals surface area contributed by atoms with Crippen LogP contribution in [0, 0.1) is 0 Å². The van der Waals surface area contributed by atoms with Gasteiger partial charge in [-0.25, -0.2) is 0 Å². The number of fused-ring (bicyclic) bond motifs is 1. The predicted octanol–water partition coefficient (Wildman–Crippen LogP) is 4.00. The normalized spacial score (nSPS) is 10.9. The van der Waals surface area contributed by atoms with Crippen molar-refractivity contribution in [1.82, 2.24) is 15.2 Å². The molecule has 4 heteroatoms. The van der Waals surface area contributed by atoms with Gasteiger partial charge in [-0.05, 0) is 35.9 Å². The summed E-state index contributed by atoms with van der Waals surface area (Å²) < 4.78 is 0. The lowest BCUT2D eigenvalue weighted by Crippen LogP contribution is -1.88. The smallest absolute Gasteiger partial charge is 0.116 e. The van der Waals surface area contributed by atoms with Crippen LogP contribution in [0.2, 0.25) is 0 Å². The van der Waals surface area contributed by atoms with Crippen LogP contribution in [-0.4, -0.2) is 20.3 Å². The van der Waals surface area contributed by atoms with E-state index in [1.807, 2.05) is 42.6 Å². The molecular formula is C18H13N3O. The maximum Gasteiger partial charge on any atom is 0.116 e. The standard InChI is InChI=1S/C18H13N3O/c22-15-4-1-3-13(10-15)18-16(5-2-8-19-18)12-6-7-17-14(9-12)11-20-21-17/h1-11,22H,(H,20,21). The number of H-pyrrole nitrogens is 1. The molecular weight excluding hydrogens is 274 g/mol. The summed E-state index contributed by atoms with van der Waals surface area (Å²) in [5.74, 6) is 0.236. The van der Waals surface area contributed by atoms with E-state index >= 15 is 0 Å². The topological polar surface area (TPSA) is 61.8 Å². The average molecular weight is 287 g/mol. The fourth-order valence-corrected chi connectivity index (χ4v) is 2.63. The van der Waals surface area contributed by atoms with Crippen molar-refractivity contribution in [3.63, 3.8) is 0 Å². The zero-order chi connectivity index (χ0) is 14.9. The number of nitrogens with zero attached hydrogens (tertiary/aromatic N) is 2. The van der Waals surface area contributed by atoms with Crippen molar-refractivity contribution in [3.8, 4) is 28.1 Å². The highest BCUT2D eigenvalue weighted by atomic mass is 16.3. The van der Waals surface area contributed by atoms with E-state index in [0.717, 1.165) is 33.3 Å². The molecule has 4 nitrogen and oxygen atoms in total. The van der Waals surface area contributed by atoms with Crippen molar-refractivity contribution < 1.29 is 5.11 Å². The SMILES string of the molecule is Oc1cccc(-c2ncccc2-c2ccc3[nH]ncc3c2)c1. The molecule has 0 saturated carbocycles. The molecule has 106 valence electrons. The number of phenols is 1. The molecule has 4 aromatic rings. The number of aromatic nitrogens is 3. The quantitative estimate of drug-likeness (QED) is 0.586. The molecule has 0 atom stereocenters. The van der Waals surface area contributed by atoms with E-state index in [4.69, 9.17) is 0 Å². The Morgan fingerprint density at radius 2 is 1.86 bits per heavy atom. The van der Waals surface area contributed by atoms with Crippen molar-refractivity contribution >= 4 is 10.9 Å². The molecule has 0 bridgehead atoms. The minimum Gasteiger partial charge on any atom is -0.508 e. The highest BCUT2D eigenvalue weighted by Gasteiger charge is 2.10. The van der Waals surface area contributed by atoms with Crippen LogP contribution in [0.1, 0.15) is 0 Å². The molecule has 2 heterocycles. The first-order valence-corrected chi connectivity index (χ1v) is 6.99. The average Bonchev–Trinajstić information content (AvgIpc) is 3.02. The fourth-order valence-electron chi connectivity index (χ4n) is 2.63. The number of rotatable bonds is 2. The van der Waals surface area contributed by atoms with Gasteiger partial charge in [0.15, 0.2) is 0 Å². The monoisotopic (exact) mass is 287 g/mol. The summed E-state index contributed by atoms with van der Waals surface area (Å²) in [6.07, 6.45) is 3.57. The van der Waals surface area contributed by atoms with Crippen molar-refractivity contribution in [2.24, 2.45) is 0 Å². The Hall–Kier alpha value is -3.14. The molecule has 0 radical (unpaired) electrons. The number of benzene rings is 2. The van der Waals surface area contributed by atoms with E-state index < -0.39 is 0 Å². The summed E-state index contributed by atoms with van der Waals surface area (Å²) >= 11 is 0. The third kappa shape index (κ3) is 2.11. The maximum atomic E-state index is 9.71. The van der Waals surface area contributed by atoms with Gasteiger partial charge in [-0.2, -0.15) is 5.10 Å². The molecule has 0 fully saturated rings. The van der Waals surface area contributed by atoms with Gasteiger partial charge in [0.1, 0.15) is 5.75 Å². The summed E-state index contributed by atoms with van der Waals surface area (Å²) in [4.78, 5) is 4.50. The fraction of sp³-hybridized carbons (Fsp3) is 0. The van der Waals surface area contributed by atoms with Gasteiger partial charge in [-0.15, -0.1) is 0 Å². The van der Waals surface area contributed by atoms with E-state index in [9.17, 15) is 5.11 Å². The predicted molar refractivity (Wildman–Crippen MR) is 86.4 cm³/mol. The van der Waals surface area contributed by atoms with E-state index in [1.54, 1.807) is 18.3 Å². The van der Waals surface area contributed by atoms with Crippen molar-refractivity contribution in [3.05, 3.63) is 67.0 Å². The first kappa shape index (κ1) is 12.6. The Morgan fingerprint density at radius 3 is 2.77 bits per heavy atom. The number of hydrogen-bond acceptors (Lipinski definition) is 3. The lowest BCUT2D eigenvalue weighted by atomic mass is 9.98. The zero-order valence-electron chi connectivity index (χ0n) is 11.7. The Bertz CT molecular complexity index is 959. The lowest BCUT2D eigenvalue weighted by molar-refractivity contribution is 0.475. The van der Waals surface area contributed by atoms with Gasteiger partial charge in [-0.3, -0.25) is 10.1 Å². The second-order valence-corrected chi connectivity index (χ2v) is 5.12. The van der Waals surface area contributed by atoms with Crippen LogP contribution in [0.15, 0.2) is 67.0 Å². The number of aromatic amines is 1. The third-order valence-corrected chi connectivity index (χ3v) is 3.68. The Labute approximate surface area is 127 Å². The molecule has 2 aromatic heterocycles. The van der Waals surface area contributed by atoms with Crippen molar-refractivity contribution in [1.29, 1.82) is 0 Å². The van der Waals surface area contributed by atoms with Gasteiger partial charge in [0, 0.05) is 22.7 Å². The van der Waals surface area contributed by atoms with Crippen LogP contribution in [0.5, 0.6) is 5.75 Å². The van der Waals surface area contributed by atoms with Crippen molar-refractivity contribution in [2.45, 2.75) is 0 Å². The first-order chi connectivity index (χ1) is 10.8. The molecule has 0 aliphatic rings. The van der Waals surface area contributed by atoms with E-state index in [-0.39, 0.29) is 5.75 Å². The van der Waals surface area contributed by atoms with Gasteiger partial charge in [0.05, 0.1) is 17.4 Å². The van der Waals surface area contributed by atoms with Crippen LogP contribution in [0.3, 0.4) is 0 Å². The molecule has 22 heavy (non-hydrogen) atoms. The van der Waals surface area contributed by atoms with E-state index in [0.29, 0.717) is 0 Å². The summed E-state index contributed by atoms with van der Waals surface area (Å²) in [6, 6.07) is 17.2. The summed E-state index contributed by atoms with van der Waals surface area (Å²) in [5.41, 5.74) is 4.84. The lowest BCUT2D eigenvalue weighted by Gasteiger charge is -2.09. The third-order valence-electron chi connectivity index (χ3n) is 3.68. The van der Waals surface area contributed by atoms with Crippen molar-refractivity contribution in [2.75, 3.05) is 0 Å². The largest absolute Gasteiger partial charge is 0.508 e. The number of aromatic hydroxyl groups is 1. The molecule has 2 aromatic carbocycles. The van der Waals surface area contributed by atoms with Gasteiger partial charge in [-0.1, -0.05) is 24.3 Å². The molecule has 0 saturated heterocycles. The summed E-state index contributed by atoms with van der Waals surface area (Å²) in [7, 11) is 0. The van der Waals surface area contributed by atoms with Gasteiger partial charge < -0.3 is 5.11 Å². The second-order valence-electron chi connectivity index (χ2n) is 5.12. The second kappa shape index (κ2) is 5.00. The zero-order valence-corrected chi connectivity index (χ0v) is 11.7. The van der Waals surface area contributed by atoms with Gasteiger partial charge >= 0.3 is 0 Å². The first-order valence-electron chi connectivity index (χ1n) is 6.99. The Balaban J connectivity index is 1.92. The Kier molecular flexibility index (Phi) is 2.86. The highest BCUT2D eigenvalue weighted by Crippen LogP contribution is 2.32. The van der Waals surface area contributed by atoms with Crippen LogP contribution >= 0.6 is 0 Å². The number of hydrogen-bond donors (Lipinski definition) is 2. The molecule has 0 spiro atoms. The molecule has 0 aliphatic carbocycles. The molecule has 0 aliphatic heterocycles. The van der Waals surface area contributed by atoms with E-state index in [1.165, 1.54) is 0 Å². The highest BCUT2D eigenvalue weighted by molar-refractivity contribution is 5.88. The van der Waals surface area contributed by atoms with Crippen LogP contribution in [0.25, 0.3) is 33.3 Å².